The van der Waals surface area contributed by atoms with E-state index in [4.69, 9.17) is 9.57 Å². The molecule has 1 aromatic rings. The number of nitrogens with zero attached hydrogens (tertiary/aromatic N) is 1. The van der Waals surface area contributed by atoms with Gasteiger partial charge in [0, 0.05) is 12.5 Å². The van der Waals surface area contributed by atoms with Gasteiger partial charge in [0.05, 0.1) is 12.7 Å². The summed E-state index contributed by atoms with van der Waals surface area (Å²) in [6.45, 7) is 4.93. The van der Waals surface area contributed by atoms with Gasteiger partial charge in [-0.05, 0) is 19.4 Å². The highest BCUT2D eigenvalue weighted by molar-refractivity contribution is 6.37. The first-order valence-electron chi connectivity index (χ1n) is 6.51. The van der Waals surface area contributed by atoms with Gasteiger partial charge in [0.15, 0.2) is 5.78 Å². The minimum Gasteiger partial charge on any atom is -0.465 e. The smallest absolute Gasteiger partial charge is 0.338 e. The molecule has 5 nitrogen and oxygen atoms in total. The molecule has 0 saturated heterocycles. The molecule has 0 fully saturated rings. The van der Waals surface area contributed by atoms with Crippen molar-refractivity contribution in [3.8, 4) is 0 Å². The average molecular weight is 289 g/mol. The van der Waals surface area contributed by atoms with Crippen LogP contribution in [0.15, 0.2) is 35.5 Å². The summed E-state index contributed by atoms with van der Waals surface area (Å²) in [5.74, 6) is -0.555. The lowest BCUT2D eigenvalue weighted by atomic mass is 10.00. The van der Waals surface area contributed by atoms with Crippen molar-refractivity contribution >= 4 is 23.0 Å². The van der Waals surface area contributed by atoms with Crippen LogP contribution in [0.3, 0.4) is 0 Å². The molecule has 0 unspecified atom stereocenters. The maximum absolute atomic E-state index is 11.8. The number of oxime groups is 1. The van der Waals surface area contributed by atoms with Crippen molar-refractivity contribution < 1.29 is 19.2 Å². The van der Waals surface area contributed by atoms with E-state index < -0.39 is 5.97 Å². The van der Waals surface area contributed by atoms with Crippen LogP contribution in [0.25, 0.3) is 5.57 Å². The molecule has 0 N–H and O–H groups in total. The number of ether oxygens (including phenoxy) is 1. The van der Waals surface area contributed by atoms with Crippen molar-refractivity contribution in [3.63, 3.8) is 0 Å². The van der Waals surface area contributed by atoms with Gasteiger partial charge in [-0.3, -0.25) is 4.79 Å². The van der Waals surface area contributed by atoms with Crippen LogP contribution in [0.4, 0.5) is 0 Å². The second-order valence-electron chi connectivity index (χ2n) is 4.36. The van der Waals surface area contributed by atoms with E-state index in [1.165, 1.54) is 14.0 Å². The Hall–Kier alpha value is -2.43. The fourth-order valence-corrected chi connectivity index (χ4v) is 1.67. The zero-order valence-electron chi connectivity index (χ0n) is 12.7. The zero-order valence-corrected chi connectivity index (χ0v) is 12.7. The molecule has 1 aromatic carbocycles. The third-order valence-electron chi connectivity index (χ3n) is 2.93. The molecule has 0 aliphatic rings. The Kier molecular flexibility index (Phi) is 6.33. The summed E-state index contributed by atoms with van der Waals surface area (Å²) in [7, 11) is 1.34. The molecule has 0 bridgehead atoms. The second kappa shape index (κ2) is 7.99. The number of rotatable bonds is 6. The number of carbonyl (C=O) groups is 2. The Morgan fingerprint density at radius 1 is 1.24 bits per heavy atom. The SMILES string of the molecule is CC=C(C(=O)OC)c1ccccc1CON=C(C)C(C)=O. The molecule has 0 spiro atoms. The largest absolute Gasteiger partial charge is 0.465 e. The zero-order chi connectivity index (χ0) is 15.8. The van der Waals surface area contributed by atoms with Gasteiger partial charge in [0.2, 0.25) is 0 Å². The molecule has 0 amide bonds. The molecule has 5 heteroatoms. The quantitative estimate of drug-likeness (QED) is 0.349. The van der Waals surface area contributed by atoms with Crippen LogP contribution in [-0.2, 0) is 25.8 Å². The topological polar surface area (TPSA) is 65.0 Å². The molecule has 0 saturated carbocycles. The molecular formula is C16H19NO4. The summed E-state index contributed by atoms with van der Waals surface area (Å²) in [5.41, 5.74) is 2.27. The molecule has 0 aliphatic heterocycles. The van der Waals surface area contributed by atoms with E-state index in [0.29, 0.717) is 11.3 Å². The number of allylic oxidation sites excluding steroid dienone is 1. The Morgan fingerprint density at radius 3 is 2.48 bits per heavy atom. The maximum Gasteiger partial charge on any atom is 0.338 e. The normalized spacial score (nSPS) is 12.0. The van der Waals surface area contributed by atoms with E-state index in [0.717, 1.165) is 11.1 Å². The van der Waals surface area contributed by atoms with Crippen molar-refractivity contribution in [3.05, 3.63) is 41.5 Å². The number of benzene rings is 1. The first-order chi connectivity index (χ1) is 10.0. The van der Waals surface area contributed by atoms with Gasteiger partial charge in [-0.2, -0.15) is 0 Å². The first kappa shape index (κ1) is 16.6. The van der Waals surface area contributed by atoms with Crippen molar-refractivity contribution in [2.24, 2.45) is 5.16 Å². The molecule has 0 heterocycles. The molecule has 21 heavy (non-hydrogen) atoms. The van der Waals surface area contributed by atoms with Gasteiger partial charge in [-0.15, -0.1) is 0 Å². The molecule has 0 aromatic heterocycles. The summed E-state index contributed by atoms with van der Waals surface area (Å²) in [4.78, 5) is 28.0. The number of hydrogen-bond donors (Lipinski definition) is 0. The predicted octanol–water partition coefficient (Wildman–Crippen LogP) is 2.74. The van der Waals surface area contributed by atoms with Crippen LogP contribution in [0.2, 0.25) is 0 Å². The maximum atomic E-state index is 11.8. The molecule has 0 aliphatic carbocycles. The van der Waals surface area contributed by atoms with Crippen LogP contribution >= 0.6 is 0 Å². The van der Waals surface area contributed by atoms with Gasteiger partial charge >= 0.3 is 5.97 Å². The van der Waals surface area contributed by atoms with Crippen LogP contribution in [0.5, 0.6) is 0 Å². The molecule has 0 atom stereocenters. The van der Waals surface area contributed by atoms with Crippen molar-refractivity contribution in [1.29, 1.82) is 0 Å². The van der Waals surface area contributed by atoms with Crippen LogP contribution in [0, 0.1) is 0 Å². The number of ketones is 1. The number of Topliss-reactive ketones (excluding diaryl/α,β-unsaturated/α-hetero) is 1. The van der Waals surface area contributed by atoms with E-state index in [1.807, 2.05) is 24.3 Å². The van der Waals surface area contributed by atoms with E-state index >= 15 is 0 Å². The summed E-state index contributed by atoms with van der Waals surface area (Å²) in [6, 6.07) is 7.32. The number of esters is 1. The Bertz CT molecular complexity index is 588. The van der Waals surface area contributed by atoms with Crippen molar-refractivity contribution in [1.82, 2.24) is 0 Å². The van der Waals surface area contributed by atoms with Gasteiger partial charge in [-0.1, -0.05) is 35.5 Å². The monoisotopic (exact) mass is 289 g/mol. The Labute approximate surface area is 124 Å². The highest BCUT2D eigenvalue weighted by Crippen LogP contribution is 2.21. The van der Waals surface area contributed by atoms with Crippen LogP contribution in [0.1, 0.15) is 31.9 Å². The minimum absolute atomic E-state index is 0.146. The third-order valence-corrected chi connectivity index (χ3v) is 2.93. The Balaban J connectivity index is 2.97. The molecule has 0 radical (unpaired) electrons. The third kappa shape index (κ3) is 4.56. The summed E-state index contributed by atoms with van der Waals surface area (Å²) >= 11 is 0. The number of carbonyl (C=O) groups excluding carboxylic acids is 2. The van der Waals surface area contributed by atoms with Gasteiger partial charge in [-0.25, -0.2) is 4.79 Å². The van der Waals surface area contributed by atoms with Gasteiger partial charge in [0.25, 0.3) is 0 Å². The summed E-state index contributed by atoms with van der Waals surface area (Å²) in [5, 5.41) is 3.74. The van der Waals surface area contributed by atoms with E-state index in [-0.39, 0.29) is 12.4 Å². The van der Waals surface area contributed by atoms with Crippen molar-refractivity contribution in [2.45, 2.75) is 27.4 Å². The van der Waals surface area contributed by atoms with Crippen molar-refractivity contribution in [2.75, 3.05) is 7.11 Å². The highest BCUT2D eigenvalue weighted by atomic mass is 16.6. The Morgan fingerprint density at radius 2 is 1.90 bits per heavy atom. The highest BCUT2D eigenvalue weighted by Gasteiger charge is 2.15. The minimum atomic E-state index is -0.409. The summed E-state index contributed by atoms with van der Waals surface area (Å²) < 4.78 is 4.77. The van der Waals surface area contributed by atoms with E-state index in [9.17, 15) is 9.59 Å². The lowest BCUT2D eigenvalue weighted by Gasteiger charge is -2.10. The fraction of sp³-hybridized carbons (Fsp3) is 0.312. The average Bonchev–Trinajstić information content (AvgIpc) is 2.48. The number of hydrogen-bond acceptors (Lipinski definition) is 5. The number of methoxy groups -OCH3 is 1. The van der Waals surface area contributed by atoms with Crippen LogP contribution in [-0.4, -0.2) is 24.6 Å². The van der Waals surface area contributed by atoms with Crippen LogP contribution < -0.4 is 0 Å². The second-order valence-corrected chi connectivity index (χ2v) is 4.36. The fourth-order valence-electron chi connectivity index (χ4n) is 1.67. The standard InChI is InChI=1S/C16H19NO4/c1-5-14(16(19)20-4)15-9-7-6-8-13(15)10-21-17-11(2)12(3)18/h5-9H,10H2,1-4H3. The first-order valence-corrected chi connectivity index (χ1v) is 6.51. The van der Waals surface area contributed by atoms with E-state index in [1.54, 1.807) is 19.9 Å². The molecule has 112 valence electrons. The lowest BCUT2D eigenvalue weighted by molar-refractivity contribution is -0.133. The summed E-state index contributed by atoms with van der Waals surface area (Å²) in [6.07, 6.45) is 1.69. The van der Waals surface area contributed by atoms with Gasteiger partial charge < -0.3 is 9.57 Å². The predicted molar refractivity (Wildman–Crippen MR) is 80.7 cm³/mol. The molecule has 1 rings (SSSR count). The molecular weight excluding hydrogens is 270 g/mol. The lowest BCUT2D eigenvalue weighted by Crippen LogP contribution is -2.07. The van der Waals surface area contributed by atoms with Gasteiger partial charge in [0.1, 0.15) is 12.3 Å². The van der Waals surface area contributed by atoms with E-state index in [2.05, 4.69) is 5.16 Å².